The average Bonchev–Trinajstić information content (AvgIpc) is 2.51. The smallest absolute Gasteiger partial charge is 0.118 e. The number of rotatable bonds is 2. The first-order valence-corrected chi connectivity index (χ1v) is 7.78. The number of hydrogen-bond acceptors (Lipinski definition) is 3. The summed E-state index contributed by atoms with van der Waals surface area (Å²) in [5.74, 6) is 0.901. The highest BCUT2D eigenvalue weighted by molar-refractivity contribution is 5.29. The Balaban J connectivity index is 1.78. The van der Waals surface area contributed by atoms with Crippen molar-refractivity contribution < 1.29 is 9.47 Å². The third-order valence-corrected chi connectivity index (χ3v) is 4.79. The number of hydrogen-bond donors (Lipinski definition) is 1. The molecule has 1 spiro atoms. The highest BCUT2D eigenvalue weighted by atomic mass is 16.5. The van der Waals surface area contributed by atoms with E-state index in [1.807, 2.05) is 12.1 Å². The topological polar surface area (TPSA) is 30.5 Å². The second-order valence-corrected chi connectivity index (χ2v) is 6.22. The molecule has 2 aliphatic rings. The minimum Gasteiger partial charge on any atom is -0.497 e. The second kappa shape index (κ2) is 5.74. The molecule has 2 atom stereocenters. The van der Waals surface area contributed by atoms with Gasteiger partial charge >= 0.3 is 0 Å². The predicted octanol–water partition coefficient (Wildman–Crippen LogP) is 3.45. The van der Waals surface area contributed by atoms with Crippen LogP contribution in [0.4, 0.5) is 0 Å². The fraction of sp³-hybridized carbons (Fsp3) is 0.647. The Bertz CT molecular complexity index is 437. The van der Waals surface area contributed by atoms with Crippen LogP contribution in [0, 0.1) is 0 Å². The third kappa shape index (κ3) is 2.70. The number of benzene rings is 1. The van der Waals surface area contributed by atoms with E-state index in [1.54, 1.807) is 7.11 Å². The molecule has 0 radical (unpaired) electrons. The Kier molecular flexibility index (Phi) is 3.99. The largest absolute Gasteiger partial charge is 0.497 e. The molecule has 2 fully saturated rings. The summed E-state index contributed by atoms with van der Waals surface area (Å²) in [6, 6.07) is 8.66. The van der Waals surface area contributed by atoms with Crippen molar-refractivity contribution in [3.8, 4) is 5.75 Å². The molecule has 1 aliphatic carbocycles. The van der Waals surface area contributed by atoms with Crippen molar-refractivity contribution in [1.29, 1.82) is 0 Å². The Hall–Kier alpha value is -1.06. The number of ether oxygens (including phenoxy) is 2. The summed E-state index contributed by atoms with van der Waals surface area (Å²) in [5, 5.41) is 3.66. The van der Waals surface area contributed by atoms with Gasteiger partial charge in [-0.1, -0.05) is 31.4 Å². The van der Waals surface area contributed by atoms with Crippen LogP contribution in [0.15, 0.2) is 24.3 Å². The molecule has 0 aromatic heterocycles. The number of nitrogens with one attached hydrogen (secondary N) is 1. The molecule has 110 valence electrons. The normalized spacial score (nSPS) is 29.3. The van der Waals surface area contributed by atoms with Crippen LogP contribution >= 0.6 is 0 Å². The van der Waals surface area contributed by atoms with Crippen LogP contribution in [-0.4, -0.2) is 25.3 Å². The van der Waals surface area contributed by atoms with Crippen molar-refractivity contribution in [3.05, 3.63) is 29.8 Å². The van der Waals surface area contributed by atoms with Crippen molar-refractivity contribution >= 4 is 0 Å². The highest BCUT2D eigenvalue weighted by Crippen LogP contribution is 2.39. The average molecular weight is 275 g/mol. The van der Waals surface area contributed by atoms with Gasteiger partial charge < -0.3 is 14.8 Å². The van der Waals surface area contributed by atoms with Gasteiger partial charge in [0.1, 0.15) is 5.75 Å². The summed E-state index contributed by atoms with van der Waals surface area (Å²) >= 11 is 0. The van der Waals surface area contributed by atoms with E-state index in [0.717, 1.165) is 12.3 Å². The zero-order chi connectivity index (χ0) is 14.0. The van der Waals surface area contributed by atoms with Gasteiger partial charge in [0.15, 0.2) is 0 Å². The van der Waals surface area contributed by atoms with Crippen molar-refractivity contribution in [3.63, 3.8) is 0 Å². The monoisotopic (exact) mass is 275 g/mol. The van der Waals surface area contributed by atoms with Crippen LogP contribution in [0.2, 0.25) is 0 Å². The molecule has 1 saturated heterocycles. The fourth-order valence-corrected chi connectivity index (χ4v) is 3.51. The van der Waals surface area contributed by atoms with Gasteiger partial charge in [-0.3, -0.25) is 0 Å². The lowest BCUT2D eigenvalue weighted by Crippen LogP contribution is -2.55. The molecule has 1 aromatic carbocycles. The van der Waals surface area contributed by atoms with Crippen LogP contribution in [0.5, 0.6) is 5.75 Å². The van der Waals surface area contributed by atoms with E-state index in [-0.39, 0.29) is 11.7 Å². The Labute approximate surface area is 121 Å². The van der Waals surface area contributed by atoms with Crippen molar-refractivity contribution in [1.82, 2.24) is 5.32 Å². The van der Waals surface area contributed by atoms with Crippen LogP contribution < -0.4 is 10.1 Å². The van der Waals surface area contributed by atoms with Gasteiger partial charge in [-0.05, 0) is 37.5 Å². The lowest BCUT2D eigenvalue weighted by molar-refractivity contribution is -0.151. The molecule has 1 aliphatic heterocycles. The minimum absolute atomic E-state index is 0.0648. The van der Waals surface area contributed by atoms with E-state index in [9.17, 15) is 0 Å². The summed E-state index contributed by atoms with van der Waals surface area (Å²) in [5.41, 5.74) is 1.31. The Morgan fingerprint density at radius 3 is 2.50 bits per heavy atom. The lowest BCUT2D eigenvalue weighted by Gasteiger charge is -2.47. The fourth-order valence-electron chi connectivity index (χ4n) is 3.51. The van der Waals surface area contributed by atoms with E-state index < -0.39 is 0 Å². The van der Waals surface area contributed by atoms with E-state index in [0.29, 0.717) is 6.04 Å². The lowest BCUT2D eigenvalue weighted by atomic mass is 9.82. The van der Waals surface area contributed by atoms with Gasteiger partial charge in [-0.2, -0.15) is 0 Å². The predicted molar refractivity (Wildman–Crippen MR) is 80.1 cm³/mol. The molecule has 3 nitrogen and oxygen atoms in total. The number of morpholine rings is 1. The second-order valence-electron chi connectivity index (χ2n) is 6.22. The van der Waals surface area contributed by atoms with Crippen LogP contribution in [-0.2, 0) is 4.74 Å². The van der Waals surface area contributed by atoms with Crippen molar-refractivity contribution in [2.45, 2.75) is 56.8 Å². The standard InChI is InChI=1S/C17H25NO2/c1-13-16(14-6-8-15(19-2)9-7-14)20-17(12-18-13)10-4-3-5-11-17/h6-9,13,16,18H,3-5,10-12H2,1-2H3. The summed E-state index contributed by atoms with van der Waals surface area (Å²) < 4.78 is 11.8. The zero-order valence-corrected chi connectivity index (χ0v) is 12.5. The molecular formula is C17H25NO2. The van der Waals surface area contributed by atoms with E-state index in [2.05, 4.69) is 24.4 Å². The minimum atomic E-state index is 0.0648. The highest BCUT2D eigenvalue weighted by Gasteiger charge is 2.41. The Morgan fingerprint density at radius 1 is 1.15 bits per heavy atom. The maximum Gasteiger partial charge on any atom is 0.118 e. The molecule has 3 heteroatoms. The van der Waals surface area contributed by atoms with Crippen molar-refractivity contribution in [2.75, 3.05) is 13.7 Å². The van der Waals surface area contributed by atoms with Gasteiger partial charge in [0.25, 0.3) is 0 Å². The van der Waals surface area contributed by atoms with Gasteiger partial charge in [0, 0.05) is 12.6 Å². The maximum atomic E-state index is 6.58. The molecule has 20 heavy (non-hydrogen) atoms. The van der Waals surface area contributed by atoms with Gasteiger partial charge in [-0.15, -0.1) is 0 Å². The van der Waals surface area contributed by atoms with Crippen LogP contribution in [0.1, 0.15) is 50.7 Å². The molecule has 0 bridgehead atoms. The summed E-state index contributed by atoms with van der Waals surface area (Å²) in [4.78, 5) is 0. The van der Waals surface area contributed by atoms with Gasteiger partial charge in [0.05, 0.1) is 18.8 Å². The molecule has 2 unspecified atom stereocenters. The summed E-state index contributed by atoms with van der Waals surface area (Å²) in [6.45, 7) is 3.21. The summed E-state index contributed by atoms with van der Waals surface area (Å²) in [7, 11) is 1.70. The first-order valence-electron chi connectivity index (χ1n) is 7.78. The molecule has 1 N–H and O–H groups in total. The molecule has 0 amide bonds. The van der Waals surface area contributed by atoms with Gasteiger partial charge in [0.2, 0.25) is 0 Å². The third-order valence-electron chi connectivity index (χ3n) is 4.79. The van der Waals surface area contributed by atoms with E-state index >= 15 is 0 Å². The molecule has 1 heterocycles. The maximum absolute atomic E-state index is 6.58. The molecule has 3 rings (SSSR count). The SMILES string of the molecule is COc1ccc(C2OC3(CCCCC3)CNC2C)cc1. The number of methoxy groups -OCH3 is 1. The molecular weight excluding hydrogens is 250 g/mol. The first kappa shape index (κ1) is 13.9. The quantitative estimate of drug-likeness (QED) is 0.896. The van der Waals surface area contributed by atoms with Gasteiger partial charge in [-0.25, -0.2) is 0 Å². The summed E-state index contributed by atoms with van der Waals surface area (Å²) in [6.07, 6.45) is 6.48. The van der Waals surface area contributed by atoms with Crippen molar-refractivity contribution in [2.24, 2.45) is 0 Å². The first-order chi connectivity index (χ1) is 9.72. The zero-order valence-electron chi connectivity index (χ0n) is 12.5. The molecule has 1 aromatic rings. The molecule has 1 saturated carbocycles. The van der Waals surface area contributed by atoms with E-state index in [1.165, 1.54) is 37.7 Å². The van der Waals surface area contributed by atoms with Crippen LogP contribution in [0.25, 0.3) is 0 Å². The van der Waals surface area contributed by atoms with E-state index in [4.69, 9.17) is 9.47 Å². The van der Waals surface area contributed by atoms with Crippen LogP contribution in [0.3, 0.4) is 0 Å². The Morgan fingerprint density at radius 2 is 1.85 bits per heavy atom.